The summed E-state index contributed by atoms with van der Waals surface area (Å²) < 4.78 is 17.9. The first-order valence-corrected chi connectivity index (χ1v) is 8.42. The molecule has 0 aromatic heterocycles. The summed E-state index contributed by atoms with van der Waals surface area (Å²) in [6, 6.07) is 0. The molecule has 22 heavy (non-hydrogen) atoms. The first-order chi connectivity index (χ1) is 9.70. The van der Waals surface area contributed by atoms with Gasteiger partial charge in [-0.3, -0.25) is 0 Å². The van der Waals surface area contributed by atoms with E-state index in [4.69, 9.17) is 14.0 Å². The molecule has 0 radical (unpaired) electrons. The van der Waals surface area contributed by atoms with Crippen LogP contribution in [0.25, 0.3) is 0 Å². The van der Waals surface area contributed by atoms with E-state index in [0.29, 0.717) is 19.7 Å². The first-order valence-electron chi connectivity index (χ1n) is 8.42. The van der Waals surface area contributed by atoms with Crippen LogP contribution in [-0.4, -0.2) is 41.9 Å². The van der Waals surface area contributed by atoms with Gasteiger partial charge in [-0.1, -0.05) is 13.8 Å². The maximum absolute atomic E-state index is 10.8. The van der Waals surface area contributed by atoms with E-state index in [0.717, 1.165) is 6.42 Å². The third-order valence-corrected chi connectivity index (χ3v) is 5.39. The van der Waals surface area contributed by atoms with E-state index < -0.39 is 18.2 Å². The topological polar surface area (TPSA) is 47.9 Å². The van der Waals surface area contributed by atoms with Crippen LogP contribution >= 0.6 is 0 Å². The third kappa shape index (κ3) is 4.50. The predicted octanol–water partition coefficient (Wildman–Crippen LogP) is 2.91. The molecule has 1 heterocycles. The van der Waals surface area contributed by atoms with Crippen molar-refractivity contribution in [1.82, 2.24) is 0 Å². The molecule has 4 nitrogen and oxygen atoms in total. The van der Waals surface area contributed by atoms with Crippen LogP contribution in [0, 0.1) is 5.92 Å². The zero-order valence-corrected chi connectivity index (χ0v) is 15.9. The number of rotatable bonds is 7. The Balaban J connectivity index is 2.59. The lowest BCUT2D eigenvalue weighted by molar-refractivity contribution is -0.109. The molecule has 1 rings (SSSR count). The van der Waals surface area contributed by atoms with Crippen LogP contribution in [0.1, 0.15) is 75.2 Å². The maximum Gasteiger partial charge on any atom is 0.441 e. The van der Waals surface area contributed by atoms with Crippen LogP contribution in [0.15, 0.2) is 0 Å². The quantitative estimate of drug-likeness (QED) is 0.734. The van der Waals surface area contributed by atoms with Gasteiger partial charge in [-0.05, 0) is 67.2 Å². The summed E-state index contributed by atoms with van der Waals surface area (Å²) in [6.45, 7) is 18.1. The normalized spacial score (nSPS) is 23.7. The smallest absolute Gasteiger partial charge is 0.434 e. The molecule has 0 saturated carbocycles. The summed E-state index contributed by atoms with van der Waals surface area (Å²) in [4.78, 5) is 0. The van der Waals surface area contributed by atoms with E-state index in [1.807, 2.05) is 48.5 Å². The minimum Gasteiger partial charge on any atom is -0.434 e. The van der Waals surface area contributed by atoms with Crippen molar-refractivity contribution >= 4 is 14.4 Å². The average Bonchev–Trinajstić information content (AvgIpc) is 2.53. The van der Waals surface area contributed by atoms with Gasteiger partial charge in [0.05, 0.1) is 22.4 Å². The third-order valence-electron chi connectivity index (χ3n) is 5.39. The van der Waals surface area contributed by atoms with E-state index in [2.05, 4.69) is 13.8 Å². The van der Waals surface area contributed by atoms with Gasteiger partial charge in [-0.15, -0.1) is 0 Å². The van der Waals surface area contributed by atoms with Gasteiger partial charge in [-0.25, -0.2) is 0 Å². The SMILES string of the molecule is CC(C)CCC(C)(O)C(C)(C)OBB1OC(C)(C)C(C)(C)O1. The van der Waals surface area contributed by atoms with E-state index in [1.165, 1.54) is 0 Å². The van der Waals surface area contributed by atoms with Crippen molar-refractivity contribution < 1.29 is 19.1 Å². The fourth-order valence-corrected chi connectivity index (χ4v) is 2.34. The zero-order valence-electron chi connectivity index (χ0n) is 15.9. The monoisotopic (exact) mass is 312 g/mol. The predicted molar refractivity (Wildman–Crippen MR) is 93.1 cm³/mol. The largest absolute Gasteiger partial charge is 0.441 e. The molecule has 0 aromatic carbocycles. The first kappa shape index (κ1) is 20.0. The van der Waals surface area contributed by atoms with E-state index >= 15 is 0 Å². The second-order valence-electron chi connectivity index (χ2n) is 8.71. The Morgan fingerprint density at radius 2 is 1.55 bits per heavy atom. The molecule has 0 spiro atoms. The lowest BCUT2D eigenvalue weighted by Crippen LogP contribution is -2.52. The summed E-state index contributed by atoms with van der Waals surface area (Å²) in [5, 5.41) is 10.8. The average molecular weight is 312 g/mol. The fourth-order valence-electron chi connectivity index (χ4n) is 2.34. The molecule has 1 N–H and O–H groups in total. The molecule has 1 aliphatic heterocycles. The zero-order chi connectivity index (χ0) is 17.4. The molecule has 1 unspecified atom stereocenters. The molecular formula is C16H34B2O4. The fraction of sp³-hybridized carbons (Fsp3) is 1.00. The highest BCUT2D eigenvalue weighted by atomic mass is 16.7. The molecule has 1 atom stereocenters. The summed E-state index contributed by atoms with van der Waals surface area (Å²) in [5.74, 6) is 0.561. The maximum atomic E-state index is 10.8. The van der Waals surface area contributed by atoms with Gasteiger partial charge in [0, 0.05) is 0 Å². The van der Waals surface area contributed by atoms with Crippen LogP contribution in [0.5, 0.6) is 0 Å². The van der Waals surface area contributed by atoms with Crippen molar-refractivity contribution in [2.24, 2.45) is 5.92 Å². The Kier molecular flexibility index (Phi) is 5.88. The van der Waals surface area contributed by atoms with Crippen LogP contribution in [0.3, 0.4) is 0 Å². The van der Waals surface area contributed by atoms with Gasteiger partial charge in [0.25, 0.3) is 0 Å². The molecule has 1 fully saturated rings. The highest BCUT2D eigenvalue weighted by Gasteiger charge is 2.52. The highest BCUT2D eigenvalue weighted by molar-refractivity contribution is 7.03. The second kappa shape index (κ2) is 6.46. The highest BCUT2D eigenvalue weighted by Crippen LogP contribution is 2.37. The molecule has 128 valence electrons. The minimum absolute atomic E-state index is 0.317. The molecule has 1 aliphatic rings. The van der Waals surface area contributed by atoms with Gasteiger partial charge in [0.15, 0.2) is 0 Å². The van der Waals surface area contributed by atoms with E-state index in [1.54, 1.807) is 0 Å². The van der Waals surface area contributed by atoms with Gasteiger partial charge in [0.1, 0.15) is 0 Å². The lowest BCUT2D eigenvalue weighted by Gasteiger charge is -2.41. The standard InChI is InChI=1S/C16H34B2O4/c1-12(2)10-11-16(9,19)15(7,8)20-17-18-21-13(3,4)14(5,6)22-18/h12,17,19H,10-11H2,1-9H3. The van der Waals surface area contributed by atoms with Crippen LogP contribution in [0.2, 0.25) is 0 Å². The van der Waals surface area contributed by atoms with Gasteiger partial charge in [-0.2, -0.15) is 0 Å². The van der Waals surface area contributed by atoms with Gasteiger partial charge in [0.2, 0.25) is 0 Å². The Morgan fingerprint density at radius 1 is 1.09 bits per heavy atom. The molecule has 0 amide bonds. The van der Waals surface area contributed by atoms with Crippen molar-refractivity contribution in [3.8, 4) is 0 Å². The molecule has 6 heteroatoms. The summed E-state index contributed by atoms with van der Waals surface area (Å²) in [7, 11) is -0.0808. The van der Waals surface area contributed by atoms with Crippen molar-refractivity contribution in [3.63, 3.8) is 0 Å². The van der Waals surface area contributed by atoms with Crippen molar-refractivity contribution in [3.05, 3.63) is 0 Å². The number of aliphatic hydroxyl groups is 1. The molecule has 0 bridgehead atoms. The van der Waals surface area contributed by atoms with Gasteiger partial charge < -0.3 is 19.1 Å². The Hall–Kier alpha value is -0.0301. The van der Waals surface area contributed by atoms with Crippen LogP contribution in [0.4, 0.5) is 0 Å². The summed E-state index contributed by atoms with van der Waals surface area (Å²) in [6.07, 6.45) is 1.68. The second-order valence-corrected chi connectivity index (χ2v) is 8.71. The Morgan fingerprint density at radius 3 is 1.95 bits per heavy atom. The van der Waals surface area contributed by atoms with E-state index in [-0.39, 0.29) is 11.2 Å². The number of hydrogen-bond acceptors (Lipinski definition) is 4. The van der Waals surface area contributed by atoms with Crippen molar-refractivity contribution in [2.75, 3.05) is 0 Å². The summed E-state index contributed by atoms with van der Waals surface area (Å²) >= 11 is 0. The molecular weight excluding hydrogens is 278 g/mol. The lowest BCUT2D eigenvalue weighted by atomic mass is 9.55. The molecule has 0 aromatic rings. The summed E-state index contributed by atoms with van der Waals surface area (Å²) in [5.41, 5.74) is -2.26. The molecule has 0 aliphatic carbocycles. The minimum atomic E-state index is -0.888. The number of hydrogen-bond donors (Lipinski definition) is 1. The van der Waals surface area contributed by atoms with Crippen molar-refractivity contribution in [1.29, 1.82) is 0 Å². The van der Waals surface area contributed by atoms with Crippen LogP contribution < -0.4 is 0 Å². The van der Waals surface area contributed by atoms with Crippen LogP contribution in [-0.2, 0) is 14.0 Å². The Bertz CT molecular complexity index is 362. The Labute approximate surface area is 137 Å². The molecule has 1 saturated heterocycles. The van der Waals surface area contributed by atoms with Crippen molar-refractivity contribution in [2.45, 2.75) is 97.6 Å². The van der Waals surface area contributed by atoms with Gasteiger partial charge >= 0.3 is 14.4 Å². The van der Waals surface area contributed by atoms with E-state index in [9.17, 15) is 5.11 Å².